The van der Waals surface area contributed by atoms with Crippen LogP contribution in [0.25, 0.3) is 0 Å². The van der Waals surface area contributed by atoms with Gasteiger partial charge in [0.25, 0.3) is 5.91 Å². The van der Waals surface area contributed by atoms with Crippen LogP contribution < -0.4 is 4.74 Å². The lowest BCUT2D eigenvalue weighted by molar-refractivity contribution is -0.142. The molecule has 0 saturated carbocycles. The third kappa shape index (κ3) is 4.50. The number of nitrogens with zero attached hydrogens (tertiary/aromatic N) is 3. The van der Waals surface area contributed by atoms with Crippen molar-refractivity contribution in [3.63, 3.8) is 0 Å². The molecule has 1 fully saturated rings. The van der Waals surface area contributed by atoms with Crippen molar-refractivity contribution >= 4 is 5.91 Å². The minimum Gasteiger partial charge on any atom is -0.481 e. The highest BCUT2D eigenvalue weighted by molar-refractivity contribution is 5.81. The number of benzene rings is 1. The number of likely N-dealkylation sites (tertiary alicyclic amines) is 1. The summed E-state index contributed by atoms with van der Waals surface area (Å²) in [5, 5.41) is 10.9. The lowest BCUT2D eigenvalue weighted by Gasteiger charge is -2.39. The molecule has 1 aromatic carbocycles. The van der Waals surface area contributed by atoms with Gasteiger partial charge in [-0.25, -0.2) is 4.98 Å². The Morgan fingerprint density at radius 1 is 1.26 bits per heavy atom. The van der Waals surface area contributed by atoms with Crippen LogP contribution in [0, 0.1) is 20.8 Å². The Hall–Kier alpha value is -2.34. The third-order valence-electron chi connectivity index (χ3n) is 5.53. The fourth-order valence-electron chi connectivity index (χ4n) is 3.49. The summed E-state index contributed by atoms with van der Waals surface area (Å²) >= 11 is 0. The maximum atomic E-state index is 12.7. The Balaban J connectivity index is 1.55. The van der Waals surface area contributed by atoms with Crippen LogP contribution in [-0.2, 0) is 11.3 Å². The number of aryl methyl sites for hydroxylation is 3. The number of rotatable bonds is 5. The predicted octanol–water partition coefficient (Wildman–Crippen LogP) is 2.63. The van der Waals surface area contributed by atoms with E-state index in [9.17, 15) is 9.90 Å². The van der Waals surface area contributed by atoms with E-state index in [0.29, 0.717) is 38.2 Å². The first-order valence-corrected chi connectivity index (χ1v) is 9.50. The van der Waals surface area contributed by atoms with E-state index in [-0.39, 0.29) is 5.91 Å². The van der Waals surface area contributed by atoms with Gasteiger partial charge in [-0.15, -0.1) is 0 Å². The smallest absolute Gasteiger partial charge is 0.263 e. The van der Waals surface area contributed by atoms with Gasteiger partial charge in [-0.2, -0.15) is 0 Å². The summed E-state index contributed by atoms with van der Waals surface area (Å²) in [6, 6.07) is 5.86. The maximum Gasteiger partial charge on any atom is 0.263 e. The van der Waals surface area contributed by atoms with Crippen molar-refractivity contribution in [2.24, 2.45) is 0 Å². The molecule has 1 amide bonds. The van der Waals surface area contributed by atoms with Crippen LogP contribution >= 0.6 is 0 Å². The number of amides is 1. The van der Waals surface area contributed by atoms with E-state index >= 15 is 0 Å². The molecule has 1 saturated heterocycles. The molecule has 27 heavy (non-hydrogen) atoms. The molecule has 1 aromatic heterocycles. The molecule has 6 heteroatoms. The first-order chi connectivity index (χ1) is 12.8. The summed E-state index contributed by atoms with van der Waals surface area (Å²) < 4.78 is 7.81. The van der Waals surface area contributed by atoms with Gasteiger partial charge in [-0.1, -0.05) is 6.07 Å². The van der Waals surface area contributed by atoms with E-state index < -0.39 is 11.7 Å². The summed E-state index contributed by atoms with van der Waals surface area (Å²) in [4.78, 5) is 18.7. The third-order valence-corrected chi connectivity index (χ3v) is 5.53. The molecule has 1 aliphatic rings. The van der Waals surface area contributed by atoms with Crippen molar-refractivity contribution in [3.8, 4) is 5.75 Å². The number of ether oxygens (including phenoxy) is 1. The highest BCUT2D eigenvalue weighted by atomic mass is 16.5. The van der Waals surface area contributed by atoms with Gasteiger partial charge >= 0.3 is 0 Å². The van der Waals surface area contributed by atoms with Gasteiger partial charge in [0.15, 0.2) is 6.10 Å². The summed E-state index contributed by atoms with van der Waals surface area (Å²) in [6.07, 6.45) is 4.17. The van der Waals surface area contributed by atoms with Gasteiger partial charge in [-0.3, -0.25) is 4.79 Å². The number of hydrogen-bond acceptors (Lipinski definition) is 4. The highest BCUT2D eigenvalue weighted by Gasteiger charge is 2.36. The van der Waals surface area contributed by atoms with E-state index in [1.54, 1.807) is 18.0 Å². The summed E-state index contributed by atoms with van der Waals surface area (Å²) in [6.45, 7) is 9.36. The van der Waals surface area contributed by atoms with Crippen molar-refractivity contribution in [3.05, 3.63) is 47.5 Å². The van der Waals surface area contributed by atoms with E-state index in [4.69, 9.17) is 4.74 Å². The monoisotopic (exact) mass is 371 g/mol. The number of carbonyl (C=O) groups is 1. The van der Waals surface area contributed by atoms with Crippen LogP contribution in [0.2, 0.25) is 0 Å². The Bertz CT molecular complexity index is 807. The van der Waals surface area contributed by atoms with Gasteiger partial charge in [-0.05, 0) is 63.8 Å². The second-order valence-electron chi connectivity index (χ2n) is 7.66. The topological polar surface area (TPSA) is 67.6 Å². The molecule has 1 aliphatic heterocycles. The molecule has 2 heterocycles. The molecule has 3 rings (SSSR count). The van der Waals surface area contributed by atoms with Gasteiger partial charge in [0.1, 0.15) is 11.6 Å². The Labute approximate surface area is 160 Å². The summed E-state index contributed by atoms with van der Waals surface area (Å²) in [5.41, 5.74) is 1.54. The van der Waals surface area contributed by atoms with Gasteiger partial charge in [0, 0.05) is 25.5 Å². The second kappa shape index (κ2) is 7.72. The van der Waals surface area contributed by atoms with Gasteiger partial charge in [0.05, 0.1) is 12.1 Å². The fraction of sp³-hybridized carbons (Fsp3) is 0.524. The molecule has 0 spiro atoms. The van der Waals surface area contributed by atoms with E-state index in [2.05, 4.69) is 4.98 Å². The minimum absolute atomic E-state index is 0.0333. The quantitative estimate of drug-likeness (QED) is 0.877. The number of hydrogen-bond donors (Lipinski definition) is 1. The molecule has 0 aliphatic carbocycles. The first-order valence-electron chi connectivity index (χ1n) is 9.50. The number of imidazole rings is 1. The molecule has 6 nitrogen and oxygen atoms in total. The maximum absolute atomic E-state index is 12.7. The fourth-order valence-corrected chi connectivity index (χ4v) is 3.49. The van der Waals surface area contributed by atoms with Crippen LogP contribution in [-0.4, -0.2) is 50.3 Å². The normalized spacial score (nSPS) is 17.6. The summed E-state index contributed by atoms with van der Waals surface area (Å²) in [5.74, 6) is 1.56. The van der Waals surface area contributed by atoms with E-state index in [0.717, 1.165) is 11.4 Å². The Morgan fingerprint density at radius 3 is 2.56 bits per heavy atom. The van der Waals surface area contributed by atoms with Crippen molar-refractivity contribution in [1.29, 1.82) is 0 Å². The molecule has 0 unspecified atom stereocenters. The van der Waals surface area contributed by atoms with Crippen LogP contribution in [0.15, 0.2) is 30.6 Å². The van der Waals surface area contributed by atoms with Crippen LogP contribution in [0.4, 0.5) is 0 Å². The van der Waals surface area contributed by atoms with Crippen molar-refractivity contribution < 1.29 is 14.6 Å². The largest absolute Gasteiger partial charge is 0.481 e. The van der Waals surface area contributed by atoms with Crippen LogP contribution in [0.1, 0.15) is 36.7 Å². The predicted molar refractivity (Wildman–Crippen MR) is 104 cm³/mol. The number of aliphatic hydroxyl groups is 1. The minimum atomic E-state index is -0.805. The van der Waals surface area contributed by atoms with Crippen molar-refractivity contribution in [2.75, 3.05) is 13.1 Å². The molecular weight excluding hydrogens is 342 g/mol. The molecule has 146 valence electrons. The Kier molecular flexibility index (Phi) is 5.56. The highest BCUT2D eigenvalue weighted by Crippen LogP contribution is 2.26. The molecule has 0 radical (unpaired) electrons. The molecular formula is C21H29N3O3. The van der Waals surface area contributed by atoms with Gasteiger partial charge < -0.3 is 19.3 Å². The van der Waals surface area contributed by atoms with Gasteiger partial charge in [0.2, 0.25) is 0 Å². The number of carbonyl (C=O) groups excluding carboxylic acids is 1. The molecule has 1 atom stereocenters. The van der Waals surface area contributed by atoms with Crippen molar-refractivity contribution in [1.82, 2.24) is 14.5 Å². The first kappa shape index (κ1) is 19.4. The van der Waals surface area contributed by atoms with Crippen molar-refractivity contribution in [2.45, 2.75) is 58.8 Å². The standard InChI is InChI=1S/C21H29N3O3/c1-15-5-6-19(13-16(15)2)27-17(3)20(25)23-10-7-21(26,8-11-23)14-24-12-9-22-18(24)4/h5-6,9,12-13,17,26H,7-8,10-11,14H2,1-4H3/t17-/m1/s1. The number of aromatic nitrogens is 2. The zero-order valence-electron chi connectivity index (χ0n) is 16.6. The molecule has 0 bridgehead atoms. The van der Waals surface area contributed by atoms with E-state index in [1.807, 2.05) is 49.7 Å². The average Bonchev–Trinajstić information content (AvgIpc) is 3.02. The van der Waals surface area contributed by atoms with E-state index in [1.165, 1.54) is 5.56 Å². The Morgan fingerprint density at radius 2 is 1.96 bits per heavy atom. The lowest BCUT2D eigenvalue weighted by Crippen LogP contribution is -2.51. The van der Waals surface area contributed by atoms with Crippen LogP contribution in [0.5, 0.6) is 5.75 Å². The average molecular weight is 371 g/mol. The SMILES string of the molecule is Cc1ccc(O[C@H](C)C(=O)N2CCC(O)(Cn3ccnc3C)CC2)cc1C. The lowest BCUT2D eigenvalue weighted by atomic mass is 9.91. The van der Waals surface area contributed by atoms with Crippen LogP contribution in [0.3, 0.4) is 0 Å². The number of piperidine rings is 1. The summed E-state index contributed by atoms with van der Waals surface area (Å²) in [7, 11) is 0. The zero-order valence-corrected chi connectivity index (χ0v) is 16.6. The molecule has 1 N–H and O–H groups in total. The molecule has 2 aromatic rings. The second-order valence-corrected chi connectivity index (χ2v) is 7.66. The zero-order chi connectivity index (χ0) is 19.6.